The molecule has 3 aromatic rings. The lowest BCUT2D eigenvalue weighted by molar-refractivity contribution is -0.154. The van der Waals surface area contributed by atoms with E-state index in [0.717, 1.165) is 16.5 Å². The summed E-state index contributed by atoms with van der Waals surface area (Å²) < 4.78 is 41.6. The minimum absolute atomic E-state index is 0.0494. The number of aromatic amines is 1. The molecule has 1 aromatic carbocycles. The molecular weight excluding hydrogens is 359 g/mol. The highest BCUT2D eigenvalue weighted by Crippen LogP contribution is 2.21. The molecule has 5 nitrogen and oxygen atoms in total. The number of fused-ring (bicyclic) bond motifs is 1. The summed E-state index contributed by atoms with van der Waals surface area (Å²) in [5.74, 6) is -0.336. The second-order valence-corrected chi connectivity index (χ2v) is 6.01. The molecule has 2 aromatic heterocycles. The molecule has 0 bridgehead atoms. The maximum absolute atomic E-state index is 12.3. The van der Waals surface area contributed by atoms with Gasteiger partial charge in [-0.2, -0.15) is 13.2 Å². The van der Waals surface area contributed by atoms with Crippen LogP contribution in [-0.4, -0.2) is 28.7 Å². The Bertz CT molecular complexity index is 922. The van der Waals surface area contributed by atoms with Crippen LogP contribution in [0.15, 0.2) is 48.8 Å². The van der Waals surface area contributed by atoms with Crippen molar-refractivity contribution in [3.63, 3.8) is 0 Å². The first kappa shape index (κ1) is 18.8. The Morgan fingerprint density at radius 3 is 2.78 bits per heavy atom. The number of benzene rings is 1. The third-order valence-electron chi connectivity index (χ3n) is 3.99. The standard InChI is InChI=1S/C19H18F3N3O2/c20-19(21,22)12-27-18-14(4-3-9-23-18)11-25-17(26)8-7-13-10-24-16-6-2-1-5-15(13)16/h1-6,9-10,24H,7-8,11-12H2,(H,25,26). The normalized spacial score (nSPS) is 11.5. The van der Waals surface area contributed by atoms with Crippen LogP contribution in [0.5, 0.6) is 5.88 Å². The molecule has 0 aliphatic heterocycles. The number of H-pyrrole nitrogens is 1. The second-order valence-electron chi connectivity index (χ2n) is 6.01. The van der Waals surface area contributed by atoms with Crippen LogP contribution < -0.4 is 10.1 Å². The third kappa shape index (κ3) is 5.22. The van der Waals surface area contributed by atoms with Crippen molar-refractivity contribution >= 4 is 16.8 Å². The van der Waals surface area contributed by atoms with Gasteiger partial charge in [0.25, 0.3) is 0 Å². The quantitative estimate of drug-likeness (QED) is 0.659. The summed E-state index contributed by atoms with van der Waals surface area (Å²) in [5.41, 5.74) is 2.44. The number of ether oxygens (including phenoxy) is 1. The molecule has 0 spiro atoms. The second kappa shape index (κ2) is 8.11. The summed E-state index contributed by atoms with van der Waals surface area (Å²) in [5, 5.41) is 3.77. The highest BCUT2D eigenvalue weighted by molar-refractivity contribution is 5.84. The van der Waals surface area contributed by atoms with E-state index in [2.05, 4.69) is 15.3 Å². The number of hydrogen-bond acceptors (Lipinski definition) is 3. The number of aromatic nitrogens is 2. The van der Waals surface area contributed by atoms with Crippen LogP contribution in [0.3, 0.4) is 0 Å². The lowest BCUT2D eigenvalue weighted by Gasteiger charge is -2.12. The molecule has 27 heavy (non-hydrogen) atoms. The van der Waals surface area contributed by atoms with E-state index in [1.54, 1.807) is 12.1 Å². The molecule has 3 rings (SSSR count). The molecule has 8 heteroatoms. The van der Waals surface area contributed by atoms with E-state index in [4.69, 9.17) is 4.74 Å². The molecule has 2 heterocycles. The number of nitrogens with zero attached hydrogens (tertiary/aromatic N) is 1. The van der Waals surface area contributed by atoms with Crippen LogP contribution in [0.1, 0.15) is 17.5 Å². The number of carbonyl (C=O) groups excluding carboxylic acids is 1. The van der Waals surface area contributed by atoms with Gasteiger partial charge >= 0.3 is 6.18 Å². The fourth-order valence-electron chi connectivity index (χ4n) is 2.71. The molecule has 0 atom stereocenters. The van der Waals surface area contributed by atoms with Gasteiger partial charge in [0.1, 0.15) is 0 Å². The Kier molecular flexibility index (Phi) is 5.63. The van der Waals surface area contributed by atoms with Crippen molar-refractivity contribution in [2.75, 3.05) is 6.61 Å². The molecule has 0 fully saturated rings. The van der Waals surface area contributed by atoms with Gasteiger partial charge in [0.2, 0.25) is 11.8 Å². The Labute approximate surface area is 153 Å². The predicted octanol–water partition coefficient (Wildman–Crippen LogP) is 3.75. The molecular formula is C19H18F3N3O2. The van der Waals surface area contributed by atoms with E-state index in [-0.39, 0.29) is 24.8 Å². The number of halogens is 3. The van der Waals surface area contributed by atoms with Crippen LogP contribution >= 0.6 is 0 Å². The lowest BCUT2D eigenvalue weighted by atomic mass is 10.1. The topological polar surface area (TPSA) is 67.0 Å². The van der Waals surface area contributed by atoms with Gasteiger partial charge in [-0.15, -0.1) is 0 Å². The van der Waals surface area contributed by atoms with Crippen LogP contribution in [0.4, 0.5) is 13.2 Å². The average molecular weight is 377 g/mol. The highest BCUT2D eigenvalue weighted by atomic mass is 19.4. The van der Waals surface area contributed by atoms with Crippen molar-refractivity contribution < 1.29 is 22.7 Å². The summed E-state index contributed by atoms with van der Waals surface area (Å²) >= 11 is 0. The van der Waals surface area contributed by atoms with Crippen molar-refractivity contribution in [2.24, 2.45) is 0 Å². The third-order valence-corrected chi connectivity index (χ3v) is 3.99. The van der Waals surface area contributed by atoms with E-state index in [1.165, 1.54) is 6.20 Å². The zero-order valence-corrected chi connectivity index (χ0v) is 14.3. The molecule has 2 N–H and O–H groups in total. The van der Waals surface area contributed by atoms with E-state index in [1.807, 2.05) is 30.5 Å². The van der Waals surface area contributed by atoms with Gasteiger partial charge in [0.15, 0.2) is 6.61 Å². The number of hydrogen-bond donors (Lipinski definition) is 2. The minimum Gasteiger partial charge on any atom is -0.468 e. The molecule has 0 radical (unpaired) electrons. The molecule has 1 amide bonds. The van der Waals surface area contributed by atoms with Gasteiger partial charge in [0.05, 0.1) is 0 Å². The fraction of sp³-hybridized carbons (Fsp3) is 0.263. The predicted molar refractivity (Wildman–Crippen MR) is 94.3 cm³/mol. The number of alkyl halides is 3. The molecule has 0 aliphatic carbocycles. The first-order valence-electron chi connectivity index (χ1n) is 8.37. The number of para-hydroxylation sites is 1. The van der Waals surface area contributed by atoms with Crippen molar-refractivity contribution in [3.8, 4) is 5.88 Å². The van der Waals surface area contributed by atoms with E-state index in [0.29, 0.717) is 12.0 Å². The summed E-state index contributed by atoms with van der Waals surface area (Å²) in [7, 11) is 0. The highest BCUT2D eigenvalue weighted by Gasteiger charge is 2.29. The molecule has 0 saturated carbocycles. The molecule has 0 unspecified atom stereocenters. The first-order valence-corrected chi connectivity index (χ1v) is 8.37. The number of pyridine rings is 1. The molecule has 0 aliphatic rings. The van der Waals surface area contributed by atoms with Gasteiger partial charge in [-0.25, -0.2) is 4.98 Å². The molecule has 142 valence electrons. The van der Waals surface area contributed by atoms with E-state index < -0.39 is 12.8 Å². The number of carbonyl (C=O) groups is 1. The van der Waals surface area contributed by atoms with E-state index >= 15 is 0 Å². The Morgan fingerprint density at radius 2 is 1.96 bits per heavy atom. The van der Waals surface area contributed by atoms with Crippen LogP contribution in [-0.2, 0) is 17.8 Å². The van der Waals surface area contributed by atoms with E-state index in [9.17, 15) is 18.0 Å². The first-order chi connectivity index (χ1) is 12.9. The number of rotatable bonds is 7. The van der Waals surface area contributed by atoms with Crippen molar-refractivity contribution in [3.05, 3.63) is 59.9 Å². The maximum atomic E-state index is 12.3. The SMILES string of the molecule is O=C(CCc1c[nH]c2ccccc12)NCc1cccnc1OCC(F)(F)F. The van der Waals surface area contributed by atoms with Crippen LogP contribution in [0.25, 0.3) is 10.9 Å². The Morgan fingerprint density at radius 1 is 1.15 bits per heavy atom. The lowest BCUT2D eigenvalue weighted by Crippen LogP contribution is -2.24. The van der Waals surface area contributed by atoms with Gasteiger partial charge in [-0.1, -0.05) is 24.3 Å². The van der Waals surface area contributed by atoms with Crippen molar-refractivity contribution in [2.45, 2.75) is 25.6 Å². The van der Waals surface area contributed by atoms with Crippen molar-refractivity contribution in [1.29, 1.82) is 0 Å². The summed E-state index contributed by atoms with van der Waals surface area (Å²) in [6.45, 7) is -1.38. The maximum Gasteiger partial charge on any atom is 0.422 e. The average Bonchev–Trinajstić information content (AvgIpc) is 3.06. The summed E-state index contributed by atoms with van der Waals surface area (Å²) in [4.78, 5) is 19.1. The molecule has 0 saturated heterocycles. The zero-order valence-electron chi connectivity index (χ0n) is 14.3. The van der Waals surface area contributed by atoms with Crippen LogP contribution in [0, 0.1) is 0 Å². The van der Waals surface area contributed by atoms with Gasteiger partial charge in [-0.3, -0.25) is 4.79 Å². The van der Waals surface area contributed by atoms with Gasteiger partial charge in [-0.05, 0) is 24.1 Å². The smallest absolute Gasteiger partial charge is 0.422 e. The largest absolute Gasteiger partial charge is 0.468 e. The fourth-order valence-corrected chi connectivity index (χ4v) is 2.71. The monoisotopic (exact) mass is 377 g/mol. The minimum atomic E-state index is -4.45. The summed E-state index contributed by atoms with van der Waals surface area (Å²) in [6, 6.07) is 11.0. The Balaban J connectivity index is 1.53. The van der Waals surface area contributed by atoms with Crippen LogP contribution in [0.2, 0.25) is 0 Å². The number of aryl methyl sites for hydroxylation is 1. The van der Waals surface area contributed by atoms with Gasteiger partial charge in [0, 0.05) is 41.8 Å². The zero-order chi connectivity index (χ0) is 19.3. The van der Waals surface area contributed by atoms with Crippen molar-refractivity contribution in [1.82, 2.24) is 15.3 Å². The van der Waals surface area contributed by atoms with Gasteiger partial charge < -0.3 is 15.0 Å². The number of nitrogens with one attached hydrogen (secondary N) is 2. The number of amides is 1. The Hall–Kier alpha value is -3.03. The summed E-state index contributed by atoms with van der Waals surface area (Å²) in [6.07, 6.45) is -0.408.